The summed E-state index contributed by atoms with van der Waals surface area (Å²) in [6, 6.07) is -0.975. The maximum absolute atomic E-state index is 11.4. The molecule has 0 rings (SSSR count). The van der Waals surface area contributed by atoms with Crippen molar-refractivity contribution in [2.45, 2.75) is 58.0 Å². The minimum absolute atomic E-state index is 0.187. The third-order valence-corrected chi connectivity index (χ3v) is 2.45. The second-order valence-electron chi connectivity index (χ2n) is 3.97. The number of nitrogens with one attached hydrogen (secondary N) is 1. The van der Waals surface area contributed by atoms with Gasteiger partial charge in [-0.15, -0.1) is 0 Å². The smallest absolute Gasteiger partial charge is 0.326 e. The fraction of sp³-hybridized carbons (Fsp3) is 0.818. The van der Waals surface area contributed by atoms with Gasteiger partial charge in [0.25, 0.3) is 0 Å². The average molecular weight is 230 g/mol. The molecule has 0 spiro atoms. The van der Waals surface area contributed by atoms with E-state index in [0.29, 0.717) is 12.8 Å². The first kappa shape index (κ1) is 14.9. The van der Waals surface area contributed by atoms with Crippen molar-refractivity contribution in [3.8, 4) is 0 Å². The average Bonchev–Trinajstić information content (AvgIpc) is 2.23. The van der Waals surface area contributed by atoms with E-state index in [9.17, 15) is 9.59 Å². The number of carboxylic acids is 1. The Bertz CT molecular complexity index is 231. The first-order chi connectivity index (χ1) is 7.51. The number of aliphatic carboxylic acids is 1. The van der Waals surface area contributed by atoms with Gasteiger partial charge in [-0.2, -0.15) is 0 Å². The standard InChI is InChI=1S/C11H22N2O3/c1-3-5-6-9(11(15)16)13-10(14)7-8(12)4-2/h8-9H,3-7,12H2,1-2H3,(H,13,14)(H,15,16). The van der Waals surface area contributed by atoms with E-state index in [1.54, 1.807) is 0 Å². The van der Waals surface area contributed by atoms with E-state index < -0.39 is 12.0 Å². The second kappa shape index (κ2) is 8.10. The lowest BCUT2D eigenvalue weighted by Crippen LogP contribution is -2.42. The Morgan fingerprint density at radius 3 is 2.44 bits per heavy atom. The fourth-order valence-electron chi connectivity index (χ4n) is 1.30. The van der Waals surface area contributed by atoms with Gasteiger partial charge < -0.3 is 16.2 Å². The minimum atomic E-state index is -0.980. The largest absolute Gasteiger partial charge is 0.480 e. The van der Waals surface area contributed by atoms with Gasteiger partial charge in [-0.25, -0.2) is 4.79 Å². The first-order valence-corrected chi connectivity index (χ1v) is 5.79. The molecular weight excluding hydrogens is 208 g/mol. The molecule has 94 valence electrons. The molecule has 0 aromatic rings. The molecule has 1 amide bonds. The molecule has 4 N–H and O–H groups in total. The van der Waals surface area contributed by atoms with Crippen LogP contribution in [0.2, 0.25) is 0 Å². The summed E-state index contributed by atoms with van der Waals surface area (Å²) in [5.74, 6) is -1.26. The predicted octanol–water partition coefficient (Wildman–Crippen LogP) is 0.873. The van der Waals surface area contributed by atoms with Crippen LogP contribution < -0.4 is 11.1 Å². The molecule has 0 saturated carbocycles. The number of rotatable bonds is 8. The number of carbonyl (C=O) groups excluding carboxylic acids is 1. The highest BCUT2D eigenvalue weighted by Crippen LogP contribution is 2.02. The van der Waals surface area contributed by atoms with Crippen LogP contribution in [0.3, 0.4) is 0 Å². The first-order valence-electron chi connectivity index (χ1n) is 5.79. The van der Waals surface area contributed by atoms with Gasteiger partial charge in [-0.3, -0.25) is 4.79 Å². The summed E-state index contributed by atoms with van der Waals surface area (Å²) < 4.78 is 0. The van der Waals surface area contributed by atoms with Gasteiger partial charge in [0.05, 0.1) is 0 Å². The summed E-state index contributed by atoms with van der Waals surface area (Å²) in [7, 11) is 0. The maximum atomic E-state index is 11.4. The van der Waals surface area contributed by atoms with Crippen LogP contribution in [0.4, 0.5) is 0 Å². The van der Waals surface area contributed by atoms with Gasteiger partial charge in [0.1, 0.15) is 6.04 Å². The molecule has 0 aliphatic carbocycles. The topological polar surface area (TPSA) is 92.4 Å². The van der Waals surface area contributed by atoms with Crippen LogP contribution in [0.25, 0.3) is 0 Å². The molecule has 5 heteroatoms. The Balaban J connectivity index is 4.07. The lowest BCUT2D eigenvalue weighted by atomic mass is 10.1. The van der Waals surface area contributed by atoms with Crippen molar-refractivity contribution >= 4 is 11.9 Å². The normalized spacial score (nSPS) is 14.2. The molecule has 16 heavy (non-hydrogen) atoms. The Labute approximate surface area is 96.4 Å². The Hall–Kier alpha value is -1.10. The summed E-state index contributed by atoms with van der Waals surface area (Å²) in [5, 5.41) is 11.4. The lowest BCUT2D eigenvalue weighted by Gasteiger charge is -2.15. The number of carboxylic acid groups (broad SMARTS) is 1. The van der Waals surface area contributed by atoms with Crippen LogP contribution >= 0.6 is 0 Å². The van der Waals surface area contributed by atoms with Crippen LogP contribution in [-0.4, -0.2) is 29.1 Å². The van der Waals surface area contributed by atoms with Crippen LogP contribution in [0.5, 0.6) is 0 Å². The molecule has 0 saturated heterocycles. The molecular formula is C11H22N2O3. The SMILES string of the molecule is CCCCC(NC(=O)CC(N)CC)C(=O)O. The van der Waals surface area contributed by atoms with Crippen LogP contribution in [0.1, 0.15) is 46.0 Å². The number of nitrogens with two attached hydrogens (primary N) is 1. The quantitative estimate of drug-likeness (QED) is 0.577. The highest BCUT2D eigenvalue weighted by atomic mass is 16.4. The van der Waals surface area contributed by atoms with E-state index in [1.807, 2.05) is 13.8 Å². The minimum Gasteiger partial charge on any atom is -0.480 e. The van der Waals surface area contributed by atoms with Gasteiger partial charge in [0, 0.05) is 12.5 Å². The van der Waals surface area contributed by atoms with Crippen LogP contribution in [0.15, 0.2) is 0 Å². The summed E-state index contributed by atoms with van der Waals surface area (Å²) >= 11 is 0. The van der Waals surface area contributed by atoms with Crippen molar-refractivity contribution < 1.29 is 14.7 Å². The fourth-order valence-corrected chi connectivity index (χ4v) is 1.30. The Kier molecular flexibility index (Phi) is 7.54. The third kappa shape index (κ3) is 6.40. The van der Waals surface area contributed by atoms with Crippen molar-refractivity contribution in [3.63, 3.8) is 0 Å². The number of carbonyl (C=O) groups is 2. The van der Waals surface area contributed by atoms with Crippen LogP contribution in [0, 0.1) is 0 Å². The molecule has 2 atom stereocenters. The Morgan fingerprint density at radius 1 is 1.38 bits per heavy atom. The van der Waals surface area contributed by atoms with Crippen molar-refractivity contribution in [1.29, 1.82) is 0 Å². The molecule has 0 aromatic heterocycles. The number of hydrogen-bond donors (Lipinski definition) is 3. The van der Waals surface area contributed by atoms with E-state index in [2.05, 4.69) is 5.32 Å². The summed E-state index contributed by atoms with van der Waals surface area (Å²) in [6.07, 6.45) is 3.07. The molecule has 0 aliphatic rings. The second-order valence-corrected chi connectivity index (χ2v) is 3.97. The molecule has 0 fully saturated rings. The summed E-state index contributed by atoms with van der Waals surface area (Å²) in [6.45, 7) is 3.87. The molecule has 0 heterocycles. The number of unbranched alkanes of at least 4 members (excludes halogenated alkanes) is 1. The molecule has 2 unspecified atom stereocenters. The zero-order valence-electron chi connectivity index (χ0n) is 10.0. The van der Waals surface area contributed by atoms with Crippen LogP contribution in [-0.2, 0) is 9.59 Å². The summed E-state index contributed by atoms with van der Waals surface area (Å²) in [5.41, 5.74) is 5.62. The highest BCUT2D eigenvalue weighted by Gasteiger charge is 2.19. The van der Waals surface area contributed by atoms with E-state index in [-0.39, 0.29) is 18.4 Å². The molecule has 0 radical (unpaired) electrons. The van der Waals surface area contributed by atoms with E-state index in [4.69, 9.17) is 10.8 Å². The number of hydrogen-bond acceptors (Lipinski definition) is 3. The maximum Gasteiger partial charge on any atom is 0.326 e. The van der Waals surface area contributed by atoms with E-state index in [1.165, 1.54) is 0 Å². The van der Waals surface area contributed by atoms with Gasteiger partial charge in [0.15, 0.2) is 0 Å². The van der Waals surface area contributed by atoms with E-state index >= 15 is 0 Å². The van der Waals surface area contributed by atoms with Gasteiger partial charge in [-0.1, -0.05) is 26.7 Å². The summed E-state index contributed by atoms with van der Waals surface area (Å²) in [4.78, 5) is 22.3. The molecule has 0 aliphatic heterocycles. The van der Waals surface area contributed by atoms with Gasteiger partial charge in [0.2, 0.25) is 5.91 Å². The van der Waals surface area contributed by atoms with E-state index in [0.717, 1.165) is 12.8 Å². The lowest BCUT2D eigenvalue weighted by molar-refractivity contribution is -0.142. The van der Waals surface area contributed by atoms with Crippen molar-refractivity contribution in [1.82, 2.24) is 5.32 Å². The molecule has 5 nitrogen and oxygen atoms in total. The van der Waals surface area contributed by atoms with Crippen molar-refractivity contribution in [2.24, 2.45) is 5.73 Å². The van der Waals surface area contributed by atoms with Crippen molar-refractivity contribution in [3.05, 3.63) is 0 Å². The third-order valence-electron chi connectivity index (χ3n) is 2.45. The highest BCUT2D eigenvalue weighted by molar-refractivity contribution is 5.83. The zero-order valence-corrected chi connectivity index (χ0v) is 10.0. The zero-order chi connectivity index (χ0) is 12.6. The predicted molar refractivity (Wildman–Crippen MR) is 62.0 cm³/mol. The van der Waals surface area contributed by atoms with Gasteiger partial charge in [-0.05, 0) is 12.8 Å². The number of amides is 1. The molecule has 0 aromatic carbocycles. The molecule has 0 bridgehead atoms. The monoisotopic (exact) mass is 230 g/mol. The van der Waals surface area contributed by atoms with Gasteiger partial charge >= 0.3 is 5.97 Å². The van der Waals surface area contributed by atoms with Crippen molar-refractivity contribution in [2.75, 3.05) is 0 Å². The Morgan fingerprint density at radius 2 is 2.00 bits per heavy atom.